The number of amides is 1. The van der Waals surface area contributed by atoms with Crippen molar-refractivity contribution in [2.24, 2.45) is 0 Å². The van der Waals surface area contributed by atoms with Gasteiger partial charge in [0.2, 0.25) is 0 Å². The van der Waals surface area contributed by atoms with Crippen molar-refractivity contribution in [3.05, 3.63) is 33.7 Å². The van der Waals surface area contributed by atoms with Crippen LogP contribution in [0, 0.1) is 6.92 Å². The molecule has 0 aliphatic heterocycles. The van der Waals surface area contributed by atoms with Gasteiger partial charge in [0.05, 0.1) is 0 Å². The molecule has 4 nitrogen and oxygen atoms in total. The van der Waals surface area contributed by atoms with Gasteiger partial charge in [0.25, 0.3) is 11.5 Å². The number of H-pyrrole nitrogens is 1. The van der Waals surface area contributed by atoms with E-state index in [0.717, 1.165) is 23.6 Å². The molecular weight excluding hydrogens is 260 g/mol. The van der Waals surface area contributed by atoms with Crippen molar-refractivity contribution >= 4 is 17.7 Å². The number of hydrogen-bond donors (Lipinski definition) is 1. The van der Waals surface area contributed by atoms with E-state index >= 15 is 0 Å². The van der Waals surface area contributed by atoms with Crippen molar-refractivity contribution in [1.82, 2.24) is 9.88 Å². The van der Waals surface area contributed by atoms with Gasteiger partial charge in [0.15, 0.2) is 0 Å². The smallest absolute Gasteiger partial charge is 0.260 e. The highest BCUT2D eigenvalue weighted by atomic mass is 32.2. The Morgan fingerprint density at radius 1 is 1.47 bits per heavy atom. The number of rotatable bonds is 6. The zero-order valence-corrected chi connectivity index (χ0v) is 12.8. The van der Waals surface area contributed by atoms with Gasteiger partial charge in [-0.15, -0.1) is 0 Å². The standard InChI is InChI=1S/C14H22N2O2S/c1-5-19-9-8-11(3)16(4)14(18)12-7-6-10(2)15-13(12)17/h6-7,11H,5,8-9H2,1-4H3,(H,15,17)/t11-/m1/s1. The molecule has 0 fully saturated rings. The fraction of sp³-hybridized carbons (Fsp3) is 0.571. The van der Waals surface area contributed by atoms with Crippen molar-refractivity contribution in [2.45, 2.75) is 33.2 Å². The lowest BCUT2D eigenvalue weighted by molar-refractivity contribution is 0.0739. The Morgan fingerprint density at radius 2 is 2.16 bits per heavy atom. The van der Waals surface area contributed by atoms with Crippen LogP contribution in [-0.2, 0) is 0 Å². The largest absolute Gasteiger partial charge is 0.339 e. The molecule has 1 rings (SSSR count). The summed E-state index contributed by atoms with van der Waals surface area (Å²) in [5, 5.41) is 0. The quantitative estimate of drug-likeness (QED) is 0.814. The highest BCUT2D eigenvalue weighted by molar-refractivity contribution is 7.99. The van der Waals surface area contributed by atoms with E-state index in [4.69, 9.17) is 0 Å². The maximum absolute atomic E-state index is 12.3. The molecule has 0 spiro atoms. The minimum Gasteiger partial charge on any atom is -0.339 e. The summed E-state index contributed by atoms with van der Waals surface area (Å²) in [7, 11) is 1.75. The molecule has 5 heteroatoms. The van der Waals surface area contributed by atoms with Crippen LogP contribution in [0.3, 0.4) is 0 Å². The summed E-state index contributed by atoms with van der Waals surface area (Å²) in [5.41, 5.74) is 0.659. The molecule has 19 heavy (non-hydrogen) atoms. The topological polar surface area (TPSA) is 53.2 Å². The summed E-state index contributed by atoms with van der Waals surface area (Å²) in [6, 6.07) is 3.48. The van der Waals surface area contributed by atoms with Crippen LogP contribution in [0.1, 0.15) is 36.3 Å². The Labute approximate surface area is 118 Å². The van der Waals surface area contributed by atoms with Crippen LogP contribution < -0.4 is 5.56 Å². The van der Waals surface area contributed by atoms with Crippen LogP contribution in [0.25, 0.3) is 0 Å². The predicted octanol–water partition coefficient (Wildman–Crippen LogP) is 2.29. The number of hydrogen-bond acceptors (Lipinski definition) is 3. The fourth-order valence-electron chi connectivity index (χ4n) is 1.72. The third kappa shape index (κ3) is 4.42. The first-order chi connectivity index (χ1) is 8.97. The van der Waals surface area contributed by atoms with Crippen molar-refractivity contribution in [2.75, 3.05) is 18.6 Å². The van der Waals surface area contributed by atoms with E-state index in [1.165, 1.54) is 0 Å². The second-order valence-electron chi connectivity index (χ2n) is 4.63. The van der Waals surface area contributed by atoms with Gasteiger partial charge in [0, 0.05) is 18.8 Å². The minimum atomic E-state index is -0.313. The second kappa shape index (κ2) is 7.38. The van der Waals surface area contributed by atoms with E-state index in [-0.39, 0.29) is 23.1 Å². The summed E-state index contributed by atoms with van der Waals surface area (Å²) >= 11 is 1.86. The lowest BCUT2D eigenvalue weighted by atomic mass is 10.2. The van der Waals surface area contributed by atoms with Gasteiger partial charge in [-0.2, -0.15) is 11.8 Å². The van der Waals surface area contributed by atoms with Crippen molar-refractivity contribution in [1.29, 1.82) is 0 Å². The average molecular weight is 282 g/mol. The number of thioether (sulfide) groups is 1. The van der Waals surface area contributed by atoms with Crippen LogP contribution in [0.15, 0.2) is 16.9 Å². The number of aromatic nitrogens is 1. The van der Waals surface area contributed by atoms with Gasteiger partial charge in [-0.05, 0) is 43.9 Å². The van der Waals surface area contributed by atoms with Crippen LogP contribution in [0.5, 0.6) is 0 Å². The third-order valence-corrected chi connectivity index (χ3v) is 4.08. The number of aromatic amines is 1. The third-order valence-electron chi connectivity index (χ3n) is 3.15. The fourth-order valence-corrected chi connectivity index (χ4v) is 2.52. The Balaban J connectivity index is 2.73. The maximum Gasteiger partial charge on any atom is 0.260 e. The molecule has 1 heterocycles. The number of pyridine rings is 1. The van der Waals surface area contributed by atoms with Crippen LogP contribution in [0.2, 0.25) is 0 Å². The molecule has 0 unspecified atom stereocenters. The number of nitrogens with zero attached hydrogens (tertiary/aromatic N) is 1. The number of nitrogens with one attached hydrogen (secondary N) is 1. The zero-order valence-electron chi connectivity index (χ0n) is 12.0. The summed E-state index contributed by atoms with van der Waals surface area (Å²) in [6.07, 6.45) is 0.935. The van der Waals surface area contributed by atoms with Crippen LogP contribution >= 0.6 is 11.8 Å². The Hall–Kier alpha value is -1.23. The van der Waals surface area contributed by atoms with E-state index < -0.39 is 0 Å². The van der Waals surface area contributed by atoms with Gasteiger partial charge in [0.1, 0.15) is 5.56 Å². The molecule has 0 aliphatic carbocycles. The van der Waals surface area contributed by atoms with Crippen molar-refractivity contribution in [3.8, 4) is 0 Å². The Kier molecular flexibility index (Phi) is 6.15. The second-order valence-corrected chi connectivity index (χ2v) is 6.03. The Morgan fingerprint density at radius 3 is 2.74 bits per heavy atom. The van der Waals surface area contributed by atoms with E-state index in [0.29, 0.717) is 0 Å². The van der Waals surface area contributed by atoms with Gasteiger partial charge in [-0.25, -0.2) is 0 Å². The molecule has 0 saturated carbocycles. The number of aryl methyl sites for hydroxylation is 1. The van der Waals surface area contributed by atoms with E-state index in [2.05, 4.69) is 11.9 Å². The van der Waals surface area contributed by atoms with Gasteiger partial charge >= 0.3 is 0 Å². The first-order valence-corrected chi connectivity index (χ1v) is 7.67. The predicted molar refractivity (Wildman–Crippen MR) is 81.0 cm³/mol. The molecule has 106 valence electrons. The normalized spacial score (nSPS) is 12.2. The molecule has 0 radical (unpaired) electrons. The molecule has 0 aromatic carbocycles. The molecule has 1 aromatic rings. The highest BCUT2D eigenvalue weighted by Gasteiger charge is 2.19. The van der Waals surface area contributed by atoms with Crippen LogP contribution in [-0.4, -0.2) is 40.4 Å². The molecule has 0 aliphatic rings. The first kappa shape index (κ1) is 15.8. The highest BCUT2D eigenvalue weighted by Crippen LogP contribution is 2.10. The van der Waals surface area contributed by atoms with Gasteiger partial charge in [-0.1, -0.05) is 6.92 Å². The molecule has 0 saturated heterocycles. The SMILES string of the molecule is CCSCC[C@@H](C)N(C)C(=O)c1ccc(C)[nH]c1=O. The van der Waals surface area contributed by atoms with Gasteiger partial charge in [-0.3, -0.25) is 9.59 Å². The van der Waals surface area contributed by atoms with Crippen molar-refractivity contribution < 1.29 is 4.79 Å². The summed E-state index contributed by atoms with van der Waals surface area (Å²) in [6.45, 7) is 5.93. The zero-order chi connectivity index (χ0) is 14.4. The monoisotopic (exact) mass is 282 g/mol. The summed E-state index contributed by atoms with van der Waals surface area (Å²) in [4.78, 5) is 28.3. The number of carbonyl (C=O) groups excluding carboxylic acids is 1. The minimum absolute atomic E-state index is 0.132. The first-order valence-electron chi connectivity index (χ1n) is 6.52. The molecule has 1 amide bonds. The summed E-state index contributed by atoms with van der Waals surface area (Å²) < 4.78 is 0. The van der Waals surface area contributed by atoms with Crippen molar-refractivity contribution in [3.63, 3.8) is 0 Å². The van der Waals surface area contributed by atoms with Gasteiger partial charge < -0.3 is 9.88 Å². The van der Waals surface area contributed by atoms with E-state index in [9.17, 15) is 9.59 Å². The molecule has 1 atom stereocenters. The maximum atomic E-state index is 12.3. The van der Waals surface area contributed by atoms with E-state index in [1.807, 2.05) is 18.7 Å². The molecule has 1 aromatic heterocycles. The lowest BCUT2D eigenvalue weighted by Crippen LogP contribution is -2.38. The Bertz CT molecular complexity index is 485. The van der Waals surface area contributed by atoms with Crippen LogP contribution in [0.4, 0.5) is 0 Å². The lowest BCUT2D eigenvalue weighted by Gasteiger charge is -2.24. The summed E-state index contributed by atoms with van der Waals surface area (Å²) in [5.74, 6) is 1.90. The number of carbonyl (C=O) groups is 1. The van der Waals surface area contributed by atoms with E-state index in [1.54, 1.807) is 31.0 Å². The molecular formula is C14H22N2O2S. The molecule has 0 bridgehead atoms. The molecule has 1 N–H and O–H groups in total. The average Bonchev–Trinajstić information content (AvgIpc) is 2.37.